The number of hydrogen-bond acceptors (Lipinski definition) is 0. The highest BCUT2D eigenvalue weighted by Crippen LogP contribution is 2.13. The second kappa shape index (κ2) is 4.66. The van der Waals surface area contributed by atoms with Gasteiger partial charge in [-0.1, -0.05) is 36.9 Å². The van der Waals surface area contributed by atoms with E-state index in [1.165, 1.54) is 16.7 Å². The molecule has 0 spiro atoms. The molecule has 1 rings (SSSR count). The molecule has 0 nitrogen and oxygen atoms in total. The predicted molar refractivity (Wildman–Crippen MR) is 59.8 cm³/mol. The van der Waals surface area contributed by atoms with Crippen molar-refractivity contribution < 1.29 is 0 Å². The minimum absolute atomic E-state index is 1.05. The maximum absolute atomic E-state index is 3.77. The Kier molecular flexibility index (Phi) is 3.51. The van der Waals surface area contributed by atoms with Gasteiger partial charge in [-0.05, 0) is 36.5 Å². The zero-order valence-corrected chi connectivity index (χ0v) is 8.22. The number of aryl methyl sites for hydroxylation is 2. The average Bonchev–Trinajstić information content (AvgIpc) is 2.15. The molecule has 0 bridgehead atoms. The molecule has 13 heavy (non-hydrogen) atoms. The molecular formula is C13H16. The van der Waals surface area contributed by atoms with E-state index in [2.05, 4.69) is 38.3 Å². The molecule has 0 saturated carbocycles. The maximum Gasteiger partial charge on any atom is -0.0233 e. The monoisotopic (exact) mass is 172 g/mol. The Bertz CT molecular complexity index is 308. The summed E-state index contributed by atoms with van der Waals surface area (Å²) in [5.41, 5.74) is 3.90. The van der Waals surface area contributed by atoms with Crippen LogP contribution in [0.15, 0.2) is 37.4 Å². The molecule has 0 heteroatoms. The molecule has 0 aliphatic rings. The SMILES string of the molecule is C=CCCc1ccc(C=C)c(C)c1. The number of benzene rings is 1. The van der Waals surface area contributed by atoms with Gasteiger partial charge in [0.1, 0.15) is 0 Å². The largest absolute Gasteiger partial charge is 0.103 e. The van der Waals surface area contributed by atoms with Crippen LogP contribution in [0.5, 0.6) is 0 Å². The molecule has 0 fully saturated rings. The zero-order chi connectivity index (χ0) is 9.68. The van der Waals surface area contributed by atoms with Crippen LogP contribution in [0.3, 0.4) is 0 Å². The van der Waals surface area contributed by atoms with Crippen molar-refractivity contribution in [2.24, 2.45) is 0 Å². The fraction of sp³-hybridized carbons (Fsp3) is 0.231. The van der Waals surface area contributed by atoms with Crippen molar-refractivity contribution in [3.05, 3.63) is 54.1 Å². The molecular weight excluding hydrogens is 156 g/mol. The second-order valence-electron chi connectivity index (χ2n) is 3.22. The lowest BCUT2D eigenvalue weighted by molar-refractivity contribution is 1.00. The van der Waals surface area contributed by atoms with Crippen molar-refractivity contribution in [3.8, 4) is 0 Å². The van der Waals surface area contributed by atoms with E-state index in [1.54, 1.807) is 0 Å². The van der Waals surface area contributed by atoms with Crippen molar-refractivity contribution in [3.63, 3.8) is 0 Å². The second-order valence-corrected chi connectivity index (χ2v) is 3.22. The van der Waals surface area contributed by atoms with Gasteiger partial charge in [0, 0.05) is 0 Å². The standard InChI is InChI=1S/C13H16/c1-4-6-7-12-8-9-13(5-2)11(3)10-12/h4-5,8-10H,1-2,6-7H2,3H3. The van der Waals surface area contributed by atoms with Crippen LogP contribution in [-0.2, 0) is 6.42 Å². The molecule has 1 aromatic carbocycles. The maximum atomic E-state index is 3.77. The first-order chi connectivity index (χ1) is 6.27. The fourth-order valence-electron chi connectivity index (χ4n) is 1.39. The molecule has 0 amide bonds. The van der Waals surface area contributed by atoms with Crippen molar-refractivity contribution in [1.29, 1.82) is 0 Å². The van der Waals surface area contributed by atoms with Crippen LogP contribution in [0.4, 0.5) is 0 Å². The van der Waals surface area contributed by atoms with Crippen LogP contribution < -0.4 is 0 Å². The first-order valence-electron chi connectivity index (χ1n) is 4.61. The quantitative estimate of drug-likeness (QED) is 0.607. The predicted octanol–water partition coefficient (Wildman–Crippen LogP) is 3.76. The summed E-state index contributed by atoms with van der Waals surface area (Å²) < 4.78 is 0. The van der Waals surface area contributed by atoms with Crippen LogP contribution in [0, 0.1) is 6.92 Å². The molecule has 68 valence electrons. The highest BCUT2D eigenvalue weighted by atomic mass is 14.0. The van der Waals surface area contributed by atoms with Gasteiger partial charge in [-0.3, -0.25) is 0 Å². The van der Waals surface area contributed by atoms with E-state index in [4.69, 9.17) is 0 Å². The minimum Gasteiger partial charge on any atom is -0.103 e. The third-order valence-corrected chi connectivity index (χ3v) is 2.19. The van der Waals surface area contributed by atoms with E-state index in [0.717, 1.165) is 12.8 Å². The highest BCUT2D eigenvalue weighted by molar-refractivity contribution is 5.52. The van der Waals surface area contributed by atoms with Gasteiger partial charge in [0.05, 0.1) is 0 Å². The summed E-state index contributed by atoms with van der Waals surface area (Å²) in [6.45, 7) is 9.60. The molecule has 1 aromatic rings. The van der Waals surface area contributed by atoms with E-state index >= 15 is 0 Å². The Morgan fingerprint density at radius 1 is 1.31 bits per heavy atom. The fourth-order valence-corrected chi connectivity index (χ4v) is 1.39. The Morgan fingerprint density at radius 2 is 2.08 bits per heavy atom. The van der Waals surface area contributed by atoms with Crippen LogP contribution in [0.2, 0.25) is 0 Å². The van der Waals surface area contributed by atoms with Crippen molar-refractivity contribution in [2.75, 3.05) is 0 Å². The van der Waals surface area contributed by atoms with E-state index < -0.39 is 0 Å². The van der Waals surface area contributed by atoms with E-state index in [9.17, 15) is 0 Å². The zero-order valence-electron chi connectivity index (χ0n) is 8.22. The van der Waals surface area contributed by atoms with Gasteiger partial charge in [-0.25, -0.2) is 0 Å². The normalized spacial score (nSPS) is 9.62. The van der Waals surface area contributed by atoms with Crippen LogP contribution in [0.1, 0.15) is 23.1 Å². The van der Waals surface area contributed by atoms with Gasteiger partial charge >= 0.3 is 0 Å². The number of rotatable bonds is 4. The Morgan fingerprint density at radius 3 is 2.62 bits per heavy atom. The minimum atomic E-state index is 1.05. The van der Waals surface area contributed by atoms with Gasteiger partial charge in [0.25, 0.3) is 0 Å². The molecule has 0 heterocycles. The van der Waals surface area contributed by atoms with Crippen molar-refractivity contribution in [2.45, 2.75) is 19.8 Å². The molecule has 0 N–H and O–H groups in total. The van der Waals surface area contributed by atoms with Gasteiger partial charge in [0.15, 0.2) is 0 Å². The smallest absolute Gasteiger partial charge is 0.0233 e. The molecule has 0 atom stereocenters. The van der Waals surface area contributed by atoms with Crippen LogP contribution in [-0.4, -0.2) is 0 Å². The van der Waals surface area contributed by atoms with Crippen molar-refractivity contribution in [1.82, 2.24) is 0 Å². The Hall–Kier alpha value is -1.30. The molecule has 0 unspecified atom stereocenters. The average molecular weight is 172 g/mol. The Labute approximate surface area is 80.6 Å². The molecule has 0 aromatic heterocycles. The summed E-state index contributed by atoms with van der Waals surface area (Å²) in [5, 5.41) is 0. The van der Waals surface area contributed by atoms with Gasteiger partial charge in [0.2, 0.25) is 0 Å². The van der Waals surface area contributed by atoms with E-state index in [-0.39, 0.29) is 0 Å². The molecule has 0 aliphatic heterocycles. The molecule has 0 saturated heterocycles. The lowest BCUT2D eigenvalue weighted by atomic mass is 10.0. The van der Waals surface area contributed by atoms with Crippen LogP contribution in [0.25, 0.3) is 6.08 Å². The molecule has 0 radical (unpaired) electrons. The van der Waals surface area contributed by atoms with E-state index in [1.807, 2.05) is 12.2 Å². The van der Waals surface area contributed by atoms with Gasteiger partial charge in [-0.15, -0.1) is 6.58 Å². The summed E-state index contributed by atoms with van der Waals surface area (Å²) in [7, 11) is 0. The topological polar surface area (TPSA) is 0 Å². The summed E-state index contributed by atoms with van der Waals surface area (Å²) in [4.78, 5) is 0. The summed E-state index contributed by atoms with van der Waals surface area (Å²) in [6, 6.07) is 6.51. The Balaban J connectivity index is 2.82. The third kappa shape index (κ3) is 2.59. The first kappa shape index (κ1) is 9.79. The first-order valence-corrected chi connectivity index (χ1v) is 4.61. The molecule has 0 aliphatic carbocycles. The summed E-state index contributed by atoms with van der Waals surface area (Å²) in [6.07, 6.45) is 5.98. The van der Waals surface area contributed by atoms with E-state index in [0.29, 0.717) is 0 Å². The lowest BCUT2D eigenvalue weighted by Gasteiger charge is -2.03. The third-order valence-electron chi connectivity index (χ3n) is 2.19. The summed E-state index contributed by atoms with van der Waals surface area (Å²) in [5.74, 6) is 0. The summed E-state index contributed by atoms with van der Waals surface area (Å²) >= 11 is 0. The lowest BCUT2D eigenvalue weighted by Crippen LogP contribution is -1.87. The van der Waals surface area contributed by atoms with Crippen LogP contribution >= 0.6 is 0 Å². The van der Waals surface area contributed by atoms with Crippen molar-refractivity contribution >= 4 is 6.08 Å². The van der Waals surface area contributed by atoms with Gasteiger partial charge < -0.3 is 0 Å². The number of hydrogen-bond donors (Lipinski definition) is 0. The van der Waals surface area contributed by atoms with Gasteiger partial charge in [-0.2, -0.15) is 0 Å². The number of allylic oxidation sites excluding steroid dienone is 1. The highest BCUT2D eigenvalue weighted by Gasteiger charge is 1.95.